The number of likely N-dealkylation sites (N-methyl/N-ethyl adjacent to an activating group) is 1. The highest BCUT2D eigenvalue weighted by Crippen LogP contribution is 2.19. The normalized spacial score (nSPS) is 10.6. The van der Waals surface area contributed by atoms with Crippen molar-refractivity contribution in [3.8, 4) is 11.3 Å². The van der Waals surface area contributed by atoms with Crippen molar-refractivity contribution in [3.63, 3.8) is 0 Å². The van der Waals surface area contributed by atoms with Gasteiger partial charge in [-0.2, -0.15) is 5.10 Å². The summed E-state index contributed by atoms with van der Waals surface area (Å²) in [4.78, 5) is 2.02. The molecule has 24 heavy (non-hydrogen) atoms. The zero-order valence-electron chi connectivity index (χ0n) is 13.7. The minimum absolute atomic E-state index is 0.153. The summed E-state index contributed by atoms with van der Waals surface area (Å²) >= 11 is 0. The van der Waals surface area contributed by atoms with E-state index in [2.05, 4.69) is 33.7 Å². The van der Waals surface area contributed by atoms with E-state index in [9.17, 15) is 0 Å². The largest absolute Gasteiger partial charge is 0.395 e. The van der Waals surface area contributed by atoms with Gasteiger partial charge in [-0.15, -0.1) is 0 Å². The number of hydrogen-bond acceptors (Lipinski definition) is 4. The molecule has 3 rings (SSSR count). The number of anilines is 2. The number of aliphatic hydroxyl groups is 1. The third kappa shape index (κ3) is 3.94. The van der Waals surface area contributed by atoms with Crippen LogP contribution in [-0.4, -0.2) is 35.5 Å². The molecular weight excluding hydrogens is 300 g/mol. The van der Waals surface area contributed by atoms with Gasteiger partial charge in [0.2, 0.25) is 0 Å². The van der Waals surface area contributed by atoms with Crippen molar-refractivity contribution in [2.75, 3.05) is 30.4 Å². The predicted molar refractivity (Wildman–Crippen MR) is 98.1 cm³/mol. The molecule has 0 atom stereocenters. The fourth-order valence-corrected chi connectivity index (χ4v) is 2.52. The second-order valence-corrected chi connectivity index (χ2v) is 5.69. The molecule has 2 aromatic carbocycles. The van der Waals surface area contributed by atoms with Gasteiger partial charge in [0.15, 0.2) is 0 Å². The van der Waals surface area contributed by atoms with Crippen molar-refractivity contribution >= 4 is 11.4 Å². The van der Waals surface area contributed by atoms with Crippen molar-refractivity contribution in [2.45, 2.75) is 6.54 Å². The Morgan fingerprint density at radius 2 is 1.83 bits per heavy atom. The molecule has 5 heteroatoms. The van der Waals surface area contributed by atoms with Crippen molar-refractivity contribution in [1.29, 1.82) is 0 Å². The van der Waals surface area contributed by atoms with Crippen LogP contribution >= 0.6 is 0 Å². The first-order chi connectivity index (χ1) is 11.8. The van der Waals surface area contributed by atoms with E-state index < -0.39 is 0 Å². The second kappa shape index (κ2) is 7.66. The lowest BCUT2D eigenvalue weighted by molar-refractivity contribution is 0.304. The number of aromatic amines is 1. The van der Waals surface area contributed by atoms with E-state index >= 15 is 0 Å². The molecule has 0 saturated carbocycles. The van der Waals surface area contributed by atoms with Crippen LogP contribution in [0.1, 0.15) is 5.69 Å². The average Bonchev–Trinajstić information content (AvgIpc) is 3.10. The number of H-pyrrole nitrogens is 1. The topological polar surface area (TPSA) is 64.2 Å². The van der Waals surface area contributed by atoms with E-state index in [0.717, 1.165) is 28.3 Å². The van der Waals surface area contributed by atoms with Crippen LogP contribution in [0.25, 0.3) is 11.3 Å². The fourth-order valence-electron chi connectivity index (χ4n) is 2.52. The minimum atomic E-state index is 0.153. The maximum atomic E-state index is 8.98. The zero-order chi connectivity index (χ0) is 16.8. The van der Waals surface area contributed by atoms with Crippen LogP contribution in [0.5, 0.6) is 0 Å². The Labute approximate surface area is 142 Å². The van der Waals surface area contributed by atoms with E-state index in [4.69, 9.17) is 5.11 Å². The molecular formula is C19H22N4O. The van der Waals surface area contributed by atoms with Crippen LogP contribution in [0.3, 0.4) is 0 Å². The van der Waals surface area contributed by atoms with Gasteiger partial charge in [-0.25, -0.2) is 0 Å². The standard InChI is InChI=1S/C19H22N4O/c1-23(11-12-24)18-9-7-16(8-10-18)20-14-17-13-19(22-21-17)15-5-3-2-4-6-15/h2-10,13,20,24H,11-12,14H2,1H3,(H,21,22). The monoisotopic (exact) mass is 322 g/mol. The molecule has 124 valence electrons. The number of nitrogens with one attached hydrogen (secondary N) is 2. The van der Waals surface area contributed by atoms with Crippen molar-refractivity contribution in [2.24, 2.45) is 0 Å². The highest BCUT2D eigenvalue weighted by Gasteiger charge is 2.04. The summed E-state index contributed by atoms with van der Waals surface area (Å²) in [5.41, 5.74) is 5.23. The number of nitrogens with zero attached hydrogens (tertiary/aromatic N) is 2. The summed E-state index contributed by atoms with van der Waals surface area (Å²) in [5, 5.41) is 19.8. The average molecular weight is 322 g/mol. The lowest BCUT2D eigenvalue weighted by atomic mass is 10.1. The van der Waals surface area contributed by atoms with Gasteiger partial charge in [0.05, 0.1) is 24.5 Å². The van der Waals surface area contributed by atoms with Crippen molar-refractivity contribution in [1.82, 2.24) is 10.2 Å². The van der Waals surface area contributed by atoms with Gasteiger partial charge in [0, 0.05) is 30.5 Å². The first kappa shape index (κ1) is 16.1. The van der Waals surface area contributed by atoms with Crippen molar-refractivity contribution in [3.05, 3.63) is 66.4 Å². The number of benzene rings is 2. The molecule has 0 spiro atoms. The molecule has 3 aromatic rings. The van der Waals surface area contributed by atoms with Crippen LogP contribution in [0.15, 0.2) is 60.7 Å². The number of aromatic nitrogens is 2. The first-order valence-electron chi connectivity index (χ1n) is 8.02. The van der Waals surface area contributed by atoms with Gasteiger partial charge < -0.3 is 15.3 Å². The molecule has 0 saturated heterocycles. The predicted octanol–water partition coefficient (Wildman–Crippen LogP) is 3.12. The Morgan fingerprint density at radius 3 is 2.54 bits per heavy atom. The number of rotatable bonds is 7. The molecule has 0 aliphatic rings. The lowest BCUT2D eigenvalue weighted by Crippen LogP contribution is -2.20. The van der Waals surface area contributed by atoms with Gasteiger partial charge in [-0.1, -0.05) is 30.3 Å². The summed E-state index contributed by atoms with van der Waals surface area (Å²) < 4.78 is 0. The van der Waals surface area contributed by atoms with Crippen LogP contribution in [0.4, 0.5) is 11.4 Å². The van der Waals surface area contributed by atoms with E-state index in [1.165, 1.54) is 0 Å². The third-order valence-electron chi connectivity index (χ3n) is 3.93. The second-order valence-electron chi connectivity index (χ2n) is 5.69. The van der Waals surface area contributed by atoms with Gasteiger partial charge in [-0.05, 0) is 30.3 Å². The quantitative estimate of drug-likeness (QED) is 0.625. The minimum Gasteiger partial charge on any atom is -0.395 e. The lowest BCUT2D eigenvalue weighted by Gasteiger charge is -2.18. The molecule has 0 bridgehead atoms. The van der Waals surface area contributed by atoms with Crippen LogP contribution < -0.4 is 10.2 Å². The molecule has 1 aromatic heterocycles. The molecule has 1 heterocycles. The van der Waals surface area contributed by atoms with Crippen LogP contribution in [0.2, 0.25) is 0 Å². The SMILES string of the molecule is CN(CCO)c1ccc(NCc2cc(-c3ccccc3)n[nH]2)cc1. The molecule has 0 aliphatic heterocycles. The fraction of sp³-hybridized carbons (Fsp3) is 0.211. The van der Waals surface area contributed by atoms with E-state index in [1.807, 2.05) is 54.4 Å². The smallest absolute Gasteiger partial charge is 0.0924 e. The number of aliphatic hydroxyl groups excluding tert-OH is 1. The Bertz CT molecular complexity index is 753. The Hall–Kier alpha value is -2.79. The van der Waals surface area contributed by atoms with Crippen molar-refractivity contribution < 1.29 is 5.11 Å². The Morgan fingerprint density at radius 1 is 1.08 bits per heavy atom. The van der Waals surface area contributed by atoms with Crippen LogP contribution in [-0.2, 0) is 6.54 Å². The summed E-state index contributed by atoms with van der Waals surface area (Å²) in [6.45, 7) is 1.47. The summed E-state index contributed by atoms with van der Waals surface area (Å²) in [7, 11) is 1.97. The van der Waals surface area contributed by atoms with Gasteiger partial charge >= 0.3 is 0 Å². The number of hydrogen-bond donors (Lipinski definition) is 3. The Kier molecular flexibility index (Phi) is 5.13. The zero-order valence-corrected chi connectivity index (χ0v) is 13.7. The molecule has 0 radical (unpaired) electrons. The summed E-state index contributed by atoms with van der Waals surface area (Å²) in [6.07, 6.45) is 0. The van der Waals surface area contributed by atoms with Gasteiger partial charge in [0.1, 0.15) is 0 Å². The highest BCUT2D eigenvalue weighted by molar-refractivity contribution is 5.59. The molecule has 0 aliphatic carbocycles. The molecule has 0 amide bonds. The third-order valence-corrected chi connectivity index (χ3v) is 3.93. The highest BCUT2D eigenvalue weighted by atomic mass is 16.3. The van der Waals surface area contributed by atoms with Crippen LogP contribution in [0, 0.1) is 0 Å². The van der Waals surface area contributed by atoms with E-state index in [-0.39, 0.29) is 6.61 Å². The molecule has 0 fully saturated rings. The summed E-state index contributed by atoms with van der Waals surface area (Å²) in [5.74, 6) is 0. The van der Waals surface area contributed by atoms with E-state index in [1.54, 1.807) is 0 Å². The van der Waals surface area contributed by atoms with E-state index in [0.29, 0.717) is 13.1 Å². The Balaban J connectivity index is 1.59. The molecule has 3 N–H and O–H groups in total. The maximum absolute atomic E-state index is 8.98. The van der Waals surface area contributed by atoms with Gasteiger partial charge in [-0.3, -0.25) is 5.10 Å². The molecule has 0 unspecified atom stereocenters. The summed E-state index contributed by atoms with van der Waals surface area (Å²) in [6, 6.07) is 20.3. The van der Waals surface area contributed by atoms with Gasteiger partial charge in [0.25, 0.3) is 0 Å². The maximum Gasteiger partial charge on any atom is 0.0924 e. The first-order valence-corrected chi connectivity index (χ1v) is 8.02. The molecule has 5 nitrogen and oxygen atoms in total.